The van der Waals surface area contributed by atoms with Crippen LogP contribution in [-0.4, -0.2) is 19.6 Å². The fourth-order valence-corrected chi connectivity index (χ4v) is 4.43. The average Bonchev–Trinajstić information content (AvgIpc) is 3.24. The molecule has 1 N–H and O–H groups in total. The zero-order valence-corrected chi connectivity index (χ0v) is 19.2. The second-order valence-corrected chi connectivity index (χ2v) is 9.60. The van der Waals surface area contributed by atoms with Crippen molar-refractivity contribution in [3.63, 3.8) is 0 Å². The van der Waals surface area contributed by atoms with Gasteiger partial charge in [0.1, 0.15) is 10.6 Å². The third-order valence-corrected chi connectivity index (χ3v) is 6.63. The molecule has 6 nitrogen and oxygen atoms in total. The summed E-state index contributed by atoms with van der Waals surface area (Å²) >= 11 is 1.47. The Labute approximate surface area is 191 Å². The molecule has 0 atom stereocenters. The summed E-state index contributed by atoms with van der Waals surface area (Å²) in [4.78, 5) is 4.65. The van der Waals surface area contributed by atoms with Gasteiger partial charge in [0, 0.05) is 10.9 Å². The highest BCUT2D eigenvalue weighted by atomic mass is 32.2. The van der Waals surface area contributed by atoms with Gasteiger partial charge in [0.2, 0.25) is 5.13 Å². The predicted octanol–water partition coefficient (Wildman–Crippen LogP) is 5.64. The maximum Gasteiger partial charge on any atom is 0.339 e. The van der Waals surface area contributed by atoms with Crippen LogP contribution < -0.4 is 9.61 Å². The quantitative estimate of drug-likeness (QED) is 0.218. The Bertz CT molecular complexity index is 1330. The van der Waals surface area contributed by atoms with Crippen LogP contribution >= 0.6 is 11.3 Å². The molecular weight excluding hydrogens is 442 g/mol. The highest BCUT2D eigenvalue weighted by molar-refractivity contribution is 7.87. The standard InChI is InChI=1S/C24H21N3O3S2/c1-17-3-9-20(10-4-17)23-16-31-24(26-23)27-25-15-19-7-11-21(12-8-19)30-32(28,29)22-13-5-18(2)6-14-22/h3-16H,1-2H3,(H,26,27)/b25-15+. The van der Waals surface area contributed by atoms with E-state index in [2.05, 4.69) is 27.6 Å². The molecule has 0 radical (unpaired) electrons. The van der Waals surface area contributed by atoms with Crippen molar-refractivity contribution in [2.45, 2.75) is 18.7 Å². The van der Waals surface area contributed by atoms with Crippen molar-refractivity contribution >= 4 is 32.8 Å². The van der Waals surface area contributed by atoms with E-state index in [9.17, 15) is 8.42 Å². The molecule has 32 heavy (non-hydrogen) atoms. The maximum atomic E-state index is 12.4. The zero-order chi connectivity index (χ0) is 22.6. The Morgan fingerprint density at radius 1 is 0.906 bits per heavy atom. The Balaban J connectivity index is 1.36. The molecule has 0 amide bonds. The Kier molecular flexibility index (Phi) is 6.34. The molecule has 0 unspecified atom stereocenters. The maximum absolute atomic E-state index is 12.4. The summed E-state index contributed by atoms with van der Waals surface area (Å²) in [5, 5.41) is 6.86. The lowest BCUT2D eigenvalue weighted by Gasteiger charge is -2.07. The van der Waals surface area contributed by atoms with Gasteiger partial charge in [0.25, 0.3) is 0 Å². The van der Waals surface area contributed by atoms with E-state index in [0.29, 0.717) is 5.13 Å². The van der Waals surface area contributed by atoms with Gasteiger partial charge in [0.05, 0.1) is 11.9 Å². The fraction of sp³-hybridized carbons (Fsp3) is 0.0833. The molecule has 0 bridgehead atoms. The van der Waals surface area contributed by atoms with Crippen molar-refractivity contribution in [3.05, 3.63) is 94.9 Å². The van der Waals surface area contributed by atoms with E-state index >= 15 is 0 Å². The van der Waals surface area contributed by atoms with Crippen molar-refractivity contribution in [3.8, 4) is 17.0 Å². The summed E-state index contributed by atoms with van der Waals surface area (Å²) in [5.74, 6) is 0.235. The van der Waals surface area contributed by atoms with Crippen LogP contribution in [-0.2, 0) is 10.1 Å². The molecule has 0 fully saturated rings. The third-order valence-electron chi connectivity index (χ3n) is 4.62. The summed E-state index contributed by atoms with van der Waals surface area (Å²) in [6, 6.07) is 21.3. The highest BCUT2D eigenvalue weighted by Crippen LogP contribution is 2.25. The molecular formula is C24H21N3O3S2. The number of nitrogens with one attached hydrogen (secondary N) is 1. The largest absolute Gasteiger partial charge is 0.379 e. The number of hydrogen-bond acceptors (Lipinski definition) is 7. The monoisotopic (exact) mass is 463 g/mol. The molecule has 0 saturated heterocycles. The molecule has 0 saturated carbocycles. The number of benzene rings is 3. The predicted molar refractivity (Wildman–Crippen MR) is 129 cm³/mol. The molecule has 0 aliphatic rings. The summed E-state index contributed by atoms with van der Waals surface area (Å²) in [7, 11) is -3.87. The summed E-state index contributed by atoms with van der Waals surface area (Å²) in [6.07, 6.45) is 1.63. The molecule has 3 aromatic carbocycles. The van der Waals surface area contributed by atoms with E-state index in [4.69, 9.17) is 4.18 Å². The molecule has 4 aromatic rings. The number of hydrogen-bond donors (Lipinski definition) is 1. The van der Waals surface area contributed by atoms with Gasteiger partial charge in [-0.3, -0.25) is 5.43 Å². The van der Waals surface area contributed by atoms with Gasteiger partial charge >= 0.3 is 10.1 Å². The molecule has 0 aliphatic carbocycles. The fourth-order valence-electron chi connectivity index (χ4n) is 2.83. The van der Waals surface area contributed by atoms with E-state index in [1.807, 2.05) is 31.4 Å². The molecule has 1 aromatic heterocycles. The van der Waals surface area contributed by atoms with Crippen LogP contribution in [0, 0.1) is 13.8 Å². The lowest BCUT2D eigenvalue weighted by atomic mass is 10.1. The van der Waals surface area contributed by atoms with Crippen LogP contribution in [0.1, 0.15) is 16.7 Å². The van der Waals surface area contributed by atoms with Gasteiger partial charge in [-0.05, 0) is 55.8 Å². The first-order valence-corrected chi connectivity index (χ1v) is 12.1. The van der Waals surface area contributed by atoms with Crippen molar-refractivity contribution in [2.75, 3.05) is 5.43 Å². The molecule has 1 heterocycles. The van der Waals surface area contributed by atoms with Gasteiger partial charge in [-0.15, -0.1) is 11.3 Å². The van der Waals surface area contributed by atoms with E-state index in [-0.39, 0.29) is 10.6 Å². The molecule has 0 aliphatic heterocycles. The smallest absolute Gasteiger partial charge is 0.339 e. The summed E-state index contributed by atoms with van der Waals surface area (Å²) < 4.78 is 30.0. The number of aryl methyl sites for hydroxylation is 2. The van der Waals surface area contributed by atoms with Gasteiger partial charge in [-0.2, -0.15) is 13.5 Å². The van der Waals surface area contributed by atoms with E-state index < -0.39 is 10.1 Å². The van der Waals surface area contributed by atoms with Crippen molar-refractivity contribution < 1.29 is 12.6 Å². The number of aromatic nitrogens is 1. The van der Waals surface area contributed by atoms with Gasteiger partial charge in [-0.1, -0.05) is 47.5 Å². The van der Waals surface area contributed by atoms with Crippen molar-refractivity contribution in [1.82, 2.24) is 4.98 Å². The molecule has 4 rings (SSSR count). The van der Waals surface area contributed by atoms with Crippen molar-refractivity contribution in [1.29, 1.82) is 0 Å². The van der Waals surface area contributed by atoms with E-state index in [0.717, 1.165) is 22.4 Å². The van der Waals surface area contributed by atoms with Crippen LogP contribution in [0.25, 0.3) is 11.3 Å². The molecule has 8 heteroatoms. The summed E-state index contributed by atoms with van der Waals surface area (Å²) in [5.41, 5.74) is 7.84. The third kappa shape index (κ3) is 5.40. The van der Waals surface area contributed by atoms with Crippen LogP contribution in [0.5, 0.6) is 5.75 Å². The minimum absolute atomic E-state index is 0.117. The second-order valence-electron chi connectivity index (χ2n) is 7.19. The Hall–Kier alpha value is -3.49. The number of anilines is 1. The Morgan fingerprint density at radius 3 is 2.19 bits per heavy atom. The first-order chi connectivity index (χ1) is 15.4. The minimum atomic E-state index is -3.87. The minimum Gasteiger partial charge on any atom is -0.379 e. The van der Waals surface area contributed by atoms with E-state index in [1.54, 1.807) is 42.6 Å². The topological polar surface area (TPSA) is 80.7 Å². The molecule has 0 spiro atoms. The van der Waals surface area contributed by atoms with Crippen LogP contribution in [0.2, 0.25) is 0 Å². The highest BCUT2D eigenvalue weighted by Gasteiger charge is 2.16. The van der Waals surface area contributed by atoms with Gasteiger partial charge < -0.3 is 4.18 Å². The first kappa shape index (κ1) is 21.7. The number of hydrazone groups is 1. The van der Waals surface area contributed by atoms with Crippen LogP contribution in [0.15, 0.2) is 88.2 Å². The Morgan fingerprint density at radius 2 is 1.53 bits per heavy atom. The van der Waals surface area contributed by atoms with Crippen LogP contribution in [0.3, 0.4) is 0 Å². The average molecular weight is 464 g/mol. The lowest BCUT2D eigenvalue weighted by molar-refractivity contribution is 0.486. The summed E-state index contributed by atoms with van der Waals surface area (Å²) in [6.45, 7) is 3.94. The SMILES string of the molecule is Cc1ccc(-c2csc(N/N=C/c3ccc(OS(=O)(=O)c4ccc(C)cc4)cc3)n2)cc1. The van der Waals surface area contributed by atoms with E-state index in [1.165, 1.54) is 29.0 Å². The first-order valence-electron chi connectivity index (χ1n) is 9.82. The van der Waals surface area contributed by atoms with Crippen LogP contribution in [0.4, 0.5) is 5.13 Å². The van der Waals surface area contributed by atoms with Gasteiger partial charge in [0.15, 0.2) is 0 Å². The number of rotatable bonds is 7. The zero-order valence-electron chi connectivity index (χ0n) is 17.5. The van der Waals surface area contributed by atoms with Gasteiger partial charge in [-0.25, -0.2) is 4.98 Å². The van der Waals surface area contributed by atoms with Crippen molar-refractivity contribution in [2.24, 2.45) is 5.10 Å². The number of nitrogens with zero attached hydrogens (tertiary/aromatic N) is 2. The molecule has 162 valence electrons. The normalized spacial score (nSPS) is 11.6. The number of thiazole rings is 1. The lowest BCUT2D eigenvalue weighted by Crippen LogP contribution is -2.09. The second kappa shape index (κ2) is 9.33.